The van der Waals surface area contributed by atoms with Gasteiger partial charge in [-0.05, 0) is 25.0 Å². The monoisotopic (exact) mass is 444 g/mol. The summed E-state index contributed by atoms with van der Waals surface area (Å²) in [4.78, 5) is 25.9. The predicted molar refractivity (Wildman–Crippen MR) is 94.7 cm³/mol. The van der Waals surface area contributed by atoms with E-state index < -0.39 is 48.5 Å². The fraction of sp³-hybridized carbons (Fsp3) is 0.474. The van der Waals surface area contributed by atoms with Gasteiger partial charge in [-0.2, -0.15) is 17.6 Å². The van der Waals surface area contributed by atoms with Gasteiger partial charge in [0.15, 0.2) is 0 Å². The molecule has 2 aliphatic rings. The van der Waals surface area contributed by atoms with Crippen molar-refractivity contribution in [3.8, 4) is 11.5 Å². The van der Waals surface area contributed by atoms with E-state index in [0.717, 1.165) is 12.5 Å². The van der Waals surface area contributed by atoms with Crippen LogP contribution in [0.3, 0.4) is 0 Å². The molecule has 1 aromatic carbocycles. The summed E-state index contributed by atoms with van der Waals surface area (Å²) in [6, 6.07) is 1.03. The van der Waals surface area contributed by atoms with E-state index in [2.05, 4.69) is 15.5 Å². The number of alkyl halides is 4. The summed E-state index contributed by atoms with van der Waals surface area (Å²) in [5.74, 6) is -4.01. The van der Waals surface area contributed by atoms with Gasteiger partial charge in [-0.3, -0.25) is 9.59 Å². The summed E-state index contributed by atoms with van der Waals surface area (Å²) in [7, 11) is 0. The molecule has 31 heavy (non-hydrogen) atoms. The van der Waals surface area contributed by atoms with E-state index >= 15 is 0 Å². The Bertz CT molecular complexity index is 1010. The van der Waals surface area contributed by atoms with Gasteiger partial charge in [0.2, 0.25) is 5.89 Å². The van der Waals surface area contributed by atoms with Gasteiger partial charge in [-0.1, -0.05) is 12.8 Å². The van der Waals surface area contributed by atoms with Crippen molar-refractivity contribution in [2.75, 3.05) is 0 Å². The number of hydrogen-bond donors (Lipinski definition) is 1. The van der Waals surface area contributed by atoms with Crippen molar-refractivity contribution in [2.45, 2.75) is 57.2 Å². The first kappa shape index (κ1) is 21.2. The number of aromatic nitrogens is 2. The Morgan fingerprint density at radius 1 is 1.16 bits per heavy atom. The molecule has 0 unspecified atom stereocenters. The van der Waals surface area contributed by atoms with Crippen LogP contribution >= 0.6 is 0 Å². The van der Waals surface area contributed by atoms with Gasteiger partial charge < -0.3 is 14.6 Å². The predicted octanol–water partition coefficient (Wildman–Crippen LogP) is 3.46. The van der Waals surface area contributed by atoms with Crippen molar-refractivity contribution >= 4 is 11.8 Å². The number of halogens is 5. The first-order chi connectivity index (χ1) is 14.8. The van der Waals surface area contributed by atoms with Crippen molar-refractivity contribution in [3.05, 3.63) is 35.0 Å². The number of benzene rings is 1. The molecule has 1 saturated carbocycles. The minimum Gasteiger partial charge on any atom is -0.415 e. The summed E-state index contributed by atoms with van der Waals surface area (Å²) < 4.78 is 70.3. The molecule has 1 aliphatic heterocycles. The molecule has 0 saturated heterocycles. The van der Waals surface area contributed by atoms with Crippen molar-refractivity contribution in [1.29, 1.82) is 0 Å². The maximum Gasteiger partial charge on any atom is 0.315 e. The summed E-state index contributed by atoms with van der Waals surface area (Å²) >= 11 is 0. The zero-order valence-electron chi connectivity index (χ0n) is 16.0. The number of rotatable bonds is 5. The highest BCUT2D eigenvalue weighted by Crippen LogP contribution is 2.35. The van der Waals surface area contributed by atoms with E-state index in [-0.39, 0.29) is 29.1 Å². The van der Waals surface area contributed by atoms with Gasteiger partial charge in [-0.25, -0.2) is 4.39 Å². The normalized spacial score (nSPS) is 21.1. The molecular weight excluding hydrogens is 427 g/mol. The second-order valence-electron chi connectivity index (χ2n) is 7.43. The number of carbonyl (C=O) groups is 2. The van der Waals surface area contributed by atoms with Crippen LogP contribution < -0.4 is 5.32 Å². The lowest BCUT2D eigenvalue weighted by Gasteiger charge is -2.38. The number of fused-ring (bicyclic) bond motifs is 1. The van der Waals surface area contributed by atoms with E-state index in [1.54, 1.807) is 0 Å². The van der Waals surface area contributed by atoms with Crippen molar-refractivity contribution in [3.63, 3.8) is 0 Å². The molecule has 0 radical (unpaired) electrons. The third kappa shape index (κ3) is 3.98. The lowest BCUT2D eigenvalue weighted by atomic mass is 9.89. The van der Waals surface area contributed by atoms with E-state index in [4.69, 9.17) is 4.42 Å². The maximum atomic E-state index is 14.7. The number of nitrogens with one attached hydrogen (secondary N) is 1. The summed E-state index contributed by atoms with van der Waals surface area (Å²) in [5.41, 5.74) is 0.0558. The van der Waals surface area contributed by atoms with Crippen LogP contribution in [-0.4, -0.2) is 45.4 Å². The molecule has 1 fully saturated rings. The van der Waals surface area contributed by atoms with Gasteiger partial charge in [0.1, 0.15) is 5.82 Å². The standard InChI is InChI=1S/C19H17F5N4O3/c20-11-6-8(17-26-27-18(31-17)15(23)24)5-9-10(11)7-28(19(9)30)13-4-2-1-3-12(13)25-16(29)14(21)22/h5-6,12-15H,1-4,7H2,(H,25,29)/t12-,13-/m1/s1. The highest BCUT2D eigenvalue weighted by atomic mass is 19.3. The Hall–Kier alpha value is -3.05. The van der Waals surface area contributed by atoms with Gasteiger partial charge in [0, 0.05) is 22.7 Å². The fourth-order valence-electron chi connectivity index (χ4n) is 4.11. The lowest BCUT2D eigenvalue weighted by Crippen LogP contribution is -2.54. The molecule has 7 nitrogen and oxygen atoms in total. The molecule has 1 aromatic heterocycles. The van der Waals surface area contributed by atoms with Crippen molar-refractivity contribution < 1.29 is 36.0 Å². The Balaban J connectivity index is 1.61. The second-order valence-corrected chi connectivity index (χ2v) is 7.43. The van der Waals surface area contributed by atoms with Crippen molar-refractivity contribution in [1.82, 2.24) is 20.4 Å². The minimum atomic E-state index is -3.18. The number of amides is 2. The van der Waals surface area contributed by atoms with Crippen LogP contribution in [0.1, 0.15) is 53.9 Å². The van der Waals surface area contributed by atoms with Crippen LogP contribution in [0.25, 0.3) is 11.5 Å². The quantitative estimate of drug-likeness (QED) is 0.714. The zero-order chi connectivity index (χ0) is 22.3. The van der Waals surface area contributed by atoms with E-state index in [1.807, 2.05) is 0 Å². The third-order valence-corrected chi connectivity index (χ3v) is 5.55. The molecule has 2 heterocycles. The topological polar surface area (TPSA) is 88.3 Å². The Kier molecular flexibility index (Phi) is 5.63. The Labute approximate surface area is 172 Å². The molecule has 2 atom stereocenters. The first-order valence-electron chi connectivity index (χ1n) is 9.60. The van der Waals surface area contributed by atoms with Gasteiger partial charge in [0.25, 0.3) is 17.7 Å². The molecule has 1 N–H and O–H groups in total. The van der Waals surface area contributed by atoms with E-state index in [9.17, 15) is 31.5 Å². The number of nitrogens with zero attached hydrogens (tertiary/aromatic N) is 3. The smallest absolute Gasteiger partial charge is 0.315 e. The number of carbonyl (C=O) groups excluding carboxylic acids is 2. The van der Waals surface area contributed by atoms with Crippen LogP contribution in [0.2, 0.25) is 0 Å². The molecule has 166 valence electrons. The van der Waals surface area contributed by atoms with Crippen LogP contribution in [0.5, 0.6) is 0 Å². The highest BCUT2D eigenvalue weighted by Gasteiger charge is 2.40. The molecule has 2 amide bonds. The molecule has 12 heteroatoms. The highest BCUT2D eigenvalue weighted by molar-refractivity contribution is 5.99. The summed E-state index contributed by atoms with van der Waals surface area (Å²) in [5, 5.41) is 8.93. The molecule has 0 spiro atoms. The van der Waals surface area contributed by atoms with Gasteiger partial charge >= 0.3 is 12.9 Å². The molecule has 1 aliphatic carbocycles. The largest absolute Gasteiger partial charge is 0.415 e. The minimum absolute atomic E-state index is 0.00342. The first-order valence-corrected chi connectivity index (χ1v) is 9.60. The lowest BCUT2D eigenvalue weighted by molar-refractivity contribution is -0.133. The molecular formula is C19H17F5N4O3. The molecule has 0 bridgehead atoms. The summed E-state index contributed by atoms with van der Waals surface area (Å²) in [6.07, 6.45) is -3.88. The zero-order valence-corrected chi connectivity index (χ0v) is 16.0. The number of hydrogen-bond acceptors (Lipinski definition) is 5. The maximum absolute atomic E-state index is 14.7. The van der Waals surface area contributed by atoms with Crippen molar-refractivity contribution in [2.24, 2.45) is 0 Å². The SMILES string of the molecule is O=C(N[C@@H]1CCCC[C@H]1N1Cc2c(F)cc(-c3nnc(C(F)F)o3)cc2C1=O)C(F)F. The molecule has 2 aromatic rings. The van der Waals surface area contributed by atoms with Crippen LogP contribution in [-0.2, 0) is 11.3 Å². The van der Waals surface area contributed by atoms with Gasteiger partial charge in [-0.15, -0.1) is 10.2 Å². The van der Waals surface area contributed by atoms with Crippen LogP contribution in [0, 0.1) is 5.82 Å². The van der Waals surface area contributed by atoms with Gasteiger partial charge in [0.05, 0.1) is 12.6 Å². The second kappa shape index (κ2) is 8.23. The van der Waals surface area contributed by atoms with Crippen LogP contribution in [0.4, 0.5) is 22.0 Å². The Morgan fingerprint density at radius 2 is 1.90 bits per heavy atom. The fourth-order valence-corrected chi connectivity index (χ4v) is 4.11. The Morgan fingerprint density at radius 3 is 2.58 bits per heavy atom. The molecule has 4 rings (SSSR count). The average Bonchev–Trinajstić information content (AvgIpc) is 3.34. The van der Waals surface area contributed by atoms with E-state index in [0.29, 0.717) is 19.3 Å². The third-order valence-electron chi connectivity index (χ3n) is 5.55. The summed E-state index contributed by atoms with van der Waals surface area (Å²) in [6.45, 7) is -0.0991. The average molecular weight is 444 g/mol. The van der Waals surface area contributed by atoms with Crippen LogP contribution in [0.15, 0.2) is 16.5 Å². The van der Waals surface area contributed by atoms with E-state index in [1.165, 1.54) is 11.0 Å².